The Kier molecular flexibility index (Phi) is 8.11. The first kappa shape index (κ1) is 26.2. The Hall–Kier alpha value is -3.87. The zero-order chi connectivity index (χ0) is 26.5. The van der Waals surface area contributed by atoms with Gasteiger partial charge in [-0.25, -0.2) is 4.99 Å². The van der Waals surface area contributed by atoms with E-state index in [9.17, 15) is 15.2 Å². The quantitative estimate of drug-likeness (QED) is 0.252. The first-order valence-corrected chi connectivity index (χ1v) is 13.0. The molecule has 0 unspecified atom stereocenters. The highest BCUT2D eigenvalue weighted by atomic mass is 32.2. The SMILES string of the molecule is CCNc1ccc(C#N)cc1N=C1S/C(=C(\C)N(C)c2ccc(O)cc2S)C(=O)N1Cc1ccccc1. The van der Waals surface area contributed by atoms with Crippen LogP contribution in [0.1, 0.15) is 25.0 Å². The molecule has 0 radical (unpaired) electrons. The van der Waals surface area contributed by atoms with Crippen molar-refractivity contribution in [1.82, 2.24) is 4.90 Å². The van der Waals surface area contributed by atoms with Gasteiger partial charge in [0, 0.05) is 24.2 Å². The topological polar surface area (TPSA) is 92.0 Å². The molecule has 1 aliphatic rings. The third-order valence-corrected chi connectivity index (χ3v) is 7.44. The lowest BCUT2D eigenvalue weighted by Crippen LogP contribution is -2.29. The number of aliphatic imine (C=N–C) groups is 1. The van der Waals surface area contributed by atoms with Gasteiger partial charge >= 0.3 is 0 Å². The number of phenolic OH excluding ortho intramolecular Hbond substituents is 1. The number of anilines is 2. The molecule has 1 heterocycles. The van der Waals surface area contributed by atoms with Crippen molar-refractivity contribution in [2.45, 2.75) is 25.3 Å². The van der Waals surface area contributed by atoms with E-state index in [0.717, 1.165) is 22.6 Å². The lowest BCUT2D eigenvalue weighted by atomic mass is 10.2. The Morgan fingerprint density at radius 3 is 2.62 bits per heavy atom. The maximum atomic E-state index is 13.8. The van der Waals surface area contributed by atoms with E-state index in [4.69, 9.17) is 4.99 Å². The standard InChI is InChI=1S/C28H27N5O2S2/c1-4-30-22-12-10-20(16-29)14-23(22)31-28-33(17-19-8-6-5-7-9-19)27(35)26(37-28)18(2)32(3)24-13-11-21(34)15-25(24)36/h5-15,30,34,36H,4,17H2,1-3H3/b26-18+,31-28?. The highest BCUT2D eigenvalue weighted by molar-refractivity contribution is 8.18. The fourth-order valence-corrected chi connectivity index (χ4v) is 5.30. The number of thioether (sulfide) groups is 1. The lowest BCUT2D eigenvalue weighted by molar-refractivity contribution is -0.122. The third kappa shape index (κ3) is 5.77. The zero-order valence-corrected chi connectivity index (χ0v) is 22.5. The van der Waals surface area contributed by atoms with Crippen molar-refractivity contribution in [3.05, 3.63) is 88.5 Å². The Morgan fingerprint density at radius 1 is 1.19 bits per heavy atom. The second-order valence-electron chi connectivity index (χ2n) is 8.39. The van der Waals surface area contributed by atoms with E-state index in [1.54, 1.807) is 35.2 Å². The van der Waals surface area contributed by atoms with Crippen molar-refractivity contribution in [2.75, 3.05) is 23.8 Å². The van der Waals surface area contributed by atoms with E-state index in [0.29, 0.717) is 39.3 Å². The van der Waals surface area contributed by atoms with Crippen LogP contribution >= 0.6 is 24.4 Å². The number of benzene rings is 3. The molecule has 0 spiro atoms. The van der Waals surface area contributed by atoms with E-state index in [-0.39, 0.29) is 11.7 Å². The van der Waals surface area contributed by atoms with Crippen molar-refractivity contribution in [2.24, 2.45) is 4.99 Å². The lowest BCUT2D eigenvalue weighted by Gasteiger charge is -2.23. The van der Waals surface area contributed by atoms with E-state index >= 15 is 0 Å². The molecule has 188 valence electrons. The minimum absolute atomic E-state index is 0.123. The number of nitrogens with zero attached hydrogens (tertiary/aromatic N) is 4. The van der Waals surface area contributed by atoms with Gasteiger partial charge < -0.3 is 15.3 Å². The van der Waals surface area contributed by atoms with Gasteiger partial charge in [-0.1, -0.05) is 30.3 Å². The largest absolute Gasteiger partial charge is 0.508 e. The fraction of sp³-hybridized carbons (Fsp3) is 0.179. The summed E-state index contributed by atoms with van der Waals surface area (Å²) in [6.07, 6.45) is 0. The maximum absolute atomic E-state index is 13.8. The van der Waals surface area contributed by atoms with Crippen LogP contribution in [0.25, 0.3) is 0 Å². The van der Waals surface area contributed by atoms with Crippen molar-refractivity contribution in [1.29, 1.82) is 5.26 Å². The third-order valence-electron chi connectivity index (χ3n) is 5.91. The molecule has 0 aromatic heterocycles. The summed E-state index contributed by atoms with van der Waals surface area (Å²) in [7, 11) is 1.86. The Bertz CT molecular complexity index is 1430. The Morgan fingerprint density at radius 2 is 1.95 bits per heavy atom. The van der Waals surface area contributed by atoms with Gasteiger partial charge in [0.2, 0.25) is 0 Å². The van der Waals surface area contributed by atoms with Gasteiger partial charge in [-0.05, 0) is 67.6 Å². The number of rotatable bonds is 7. The average Bonchev–Trinajstić information content (AvgIpc) is 3.19. The predicted molar refractivity (Wildman–Crippen MR) is 153 cm³/mol. The number of nitriles is 1. The summed E-state index contributed by atoms with van der Waals surface area (Å²) >= 11 is 5.80. The molecule has 0 bridgehead atoms. The molecule has 1 fully saturated rings. The molecule has 9 heteroatoms. The first-order valence-electron chi connectivity index (χ1n) is 11.7. The fourth-order valence-electron chi connectivity index (χ4n) is 3.88. The van der Waals surface area contributed by atoms with Crippen LogP contribution in [0.15, 0.2) is 87.2 Å². The molecule has 1 saturated heterocycles. The van der Waals surface area contributed by atoms with Gasteiger partial charge in [-0.15, -0.1) is 12.6 Å². The van der Waals surface area contributed by atoms with Crippen molar-refractivity contribution < 1.29 is 9.90 Å². The summed E-state index contributed by atoms with van der Waals surface area (Å²) in [6, 6.07) is 22.1. The molecule has 37 heavy (non-hydrogen) atoms. The van der Waals surface area contributed by atoms with Crippen LogP contribution < -0.4 is 10.2 Å². The molecule has 0 saturated carbocycles. The van der Waals surface area contributed by atoms with Gasteiger partial charge in [0.1, 0.15) is 5.75 Å². The smallest absolute Gasteiger partial charge is 0.268 e. The number of hydrogen-bond acceptors (Lipinski definition) is 8. The number of nitrogens with one attached hydrogen (secondary N) is 1. The molecule has 2 N–H and O–H groups in total. The van der Waals surface area contributed by atoms with Crippen LogP contribution in [-0.4, -0.2) is 34.7 Å². The normalized spacial score (nSPS) is 15.6. The second kappa shape index (κ2) is 11.5. The van der Waals surface area contributed by atoms with Crippen LogP contribution in [0.3, 0.4) is 0 Å². The van der Waals surface area contributed by atoms with Crippen LogP contribution in [-0.2, 0) is 11.3 Å². The molecule has 3 aromatic rings. The van der Waals surface area contributed by atoms with E-state index in [1.165, 1.54) is 11.8 Å². The number of amidine groups is 1. The molecular weight excluding hydrogens is 502 g/mol. The van der Waals surface area contributed by atoms with Crippen molar-refractivity contribution >= 4 is 52.5 Å². The summed E-state index contributed by atoms with van der Waals surface area (Å²) in [5.74, 6) is -0.0313. The number of hydrogen-bond donors (Lipinski definition) is 3. The Balaban J connectivity index is 1.80. The number of aromatic hydroxyl groups is 1. The molecular formula is C28H27N5O2S2. The number of allylic oxidation sites excluding steroid dienone is 1. The van der Waals surface area contributed by atoms with Gasteiger partial charge in [-0.3, -0.25) is 9.69 Å². The Labute approximate surface area is 226 Å². The van der Waals surface area contributed by atoms with E-state index in [1.807, 2.05) is 62.2 Å². The van der Waals surface area contributed by atoms with Crippen LogP contribution in [0, 0.1) is 11.3 Å². The zero-order valence-electron chi connectivity index (χ0n) is 20.8. The number of carbonyl (C=O) groups is 1. The van der Waals surface area contributed by atoms with Gasteiger partial charge in [0.25, 0.3) is 5.91 Å². The second-order valence-corrected chi connectivity index (χ2v) is 9.85. The van der Waals surface area contributed by atoms with Crippen LogP contribution in [0.4, 0.5) is 17.1 Å². The molecule has 3 aromatic carbocycles. The molecule has 4 rings (SSSR count). The number of phenols is 1. The number of amides is 1. The summed E-state index contributed by atoms with van der Waals surface area (Å²) < 4.78 is 0. The van der Waals surface area contributed by atoms with Gasteiger partial charge in [-0.2, -0.15) is 5.26 Å². The molecule has 0 atom stereocenters. The highest BCUT2D eigenvalue weighted by Gasteiger charge is 2.36. The van der Waals surface area contributed by atoms with Crippen molar-refractivity contribution in [3.8, 4) is 11.8 Å². The monoisotopic (exact) mass is 529 g/mol. The highest BCUT2D eigenvalue weighted by Crippen LogP contribution is 2.39. The maximum Gasteiger partial charge on any atom is 0.268 e. The molecule has 1 amide bonds. The molecule has 0 aliphatic carbocycles. The predicted octanol–water partition coefficient (Wildman–Crippen LogP) is 6.12. The number of carbonyl (C=O) groups excluding carboxylic acids is 1. The average molecular weight is 530 g/mol. The molecule has 7 nitrogen and oxygen atoms in total. The summed E-state index contributed by atoms with van der Waals surface area (Å²) in [5.41, 5.74) is 4.35. The number of thiol groups is 1. The van der Waals surface area contributed by atoms with Crippen LogP contribution in [0.2, 0.25) is 0 Å². The van der Waals surface area contributed by atoms with E-state index < -0.39 is 0 Å². The van der Waals surface area contributed by atoms with E-state index in [2.05, 4.69) is 24.0 Å². The van der Waals surface area contributed by atoms with Gasteiger partial charge in [0.05, 0.1) is 40.1 Å². The first-order chi connectivity index (χ1) is 17.8. The van der Waals surface area contributed by atoms with Crippen molar-refractivity contribution in [3.63, 3.8) is 0 Å². The van der Waals surface area contributed by atoms with Gasteiger partial charge in [0.15, 0.2) is 5.17 Å². The molecule has 1 aliphatic heterocycles. The van der Waals surface area contributed by atoms with Crippen LogP contribution in [0.5, 0.6) is 5.75 Å². The summed E-state index contributed by atoms with van der Waals surface area (Å²) in [4.78, 5) is 23.3. The minimum atomic E-state index is -0.155. The summed E-state index contributed by atoms with van der Waals surface area (Å²) in [6.45, 7) is 4.92. The minimum Gasteiger partial charge on any atom is -0.508 e. The summed E-state index contributed by atoms with van der Waals surface area (Å²) in [5, 5.41) is 23.0.